The maximum Gasteiger partial charge on any atom is 0.152 e. The van der Waals surface area contributed by atoms with E-state index < -0.39 is 0 Å². The highest BCUT2D eigenvalue weighted by Gasteiger charge is 2.21. The first-order chi connectivity index (χ1) is 8.76. The van der Waals surface area contributed by atoms with Crippen LogP contribution < -0.4 is 4.90 Å². The molecule has 3 nitrogen and oxygen atoms in total. The molecule has 0 radical (unpaired) electrons. The van der Waals surface area contributed by atoms with Crippen LogP contribution in [-0.2, 0) is 0 Å². The Morgan fingerprint density at radius 3 is 2.61 bits per heavy atom. The third-order valence-electron chi connectivity index (χ3n) is 3.37. The molecule has 98 valence electrons. The van der Waals surface area contributed by atoms with E-state index >= 15 is 0 Å². The van der Waals surface area contributed by atoms with Gasteiger partial charge in [0.2, 0.25) is 0 Å². The normalized spacial score (nSPS) is 16.9. The molecule has 0 unspecified atom stereocenters. The Hall–Kier alpha value is -1.42. The maximum absolute atomic E-state index is 13.9. The van der Waals surface area contributed by atoms with Gasteiger partial charge in [0.15, 0.2) is 6.29 Å². The van der Waals surface area contributed by atoms with Crippen molar-refractivity contribution in [2.45, 2.75) is 13.3 Å². The number of anilines is 1. The molecule has 1 aliphatic heterocycles. The van der Waals surface area contributed by atoms with Crippen molar-refractivity contribution in [3.8, 4) is 0 Å². The van der Waals surface area contributed by atoms with Crippen LogP contribution in [0.15, 0.2) is 18.2 Å². The van der Waals surface area contributed by atoms with Crippen molar-refractivity contribution >= 4 is 12.0 Å². The van der Waals surface area contributed by atoms with Gasteiger partial charge < -0.3 is 4.90 Å². The van der Waals surface area contributed by atoms with E-state index in [2.05, 4.69) is 11.8 Å². The van der Waals surface area contributed by atoms with E-state index in [1.807, 2.05) is 4.90 Å². The molecule has 0 bridgehead atoms. The van der Waals surface area contributed by atoms with Gasteiger partial charge in [-0.05, 0) is 25.1 Å². The van der Waals surface area contributed by atoms with Crippen molar-refractivity contribution in [2.24, 2.45) is 0 Å². The molecule has 0 saturated carbocycles. The van der Waals surface area contributed by atoms with Gasteiger partial charge in [0.25, 0.3) is 0 Å². The Balaban J connectivity index is 2.12. The zero-order valence-electron chi connectivity index (χ0n) is 10.7. The molecule has 1 aromatic rings. The van der Waals surface area contributed by atoms with E-state index in [-0.39, 0.29) is 5.82 Å². The number of carbonyl (C=O) groups is 1. The second-order valence-corrected chi connectivity index (χ2v) is 4.62. The number of hydrogen-bond acceptors (Lipinski definition) is 3. The van der Waals surface area contributed by atoms with E-state index in [1.165, 1.54) is 6.07 Å². The van der Waals surface area contributed by atoms with Crippen LogP contribution in [0.4, 0.5) is 10.1 Å². The highest BCUT2D eigenvalue weighted by atomic mass is 19.1. The highest BCUT2D eigenvalue weighted by Crippen LogP contribution is 2.24. The minimum Gasteiger partial charge on any atom is -0.366 e. The standard InChI is InChI=1S/C14H19FN2O/c1-2-6-16-7-9-17(10-8-16)14-12(11-18)4-3-5-13(14)15/h3-5,11H,2,6-10H2,1H3. The summed E-state index contributed by atoms with van der Waals surface area (Å²) in [6.07, 6.45) is 1.87. The Bertz CT molecular complexity index is 414. The molecule has 1 aromatic carbocycles. The van der Waals surface area contributed by atoms with Crippen molar-refractivity contribution in [1.29, 1.82) is 0 Å². The highest BCUT2D eigenvalue weighted by molar-refractivity contribution is 5.84. The summed E-state index contributed by atoms with van der Waals surface area (Å²) >= 11 is 0. The van der Waals surface area contributed by atoms with Crippen molar-refractivity contribution in [1.82, 2.24) is 4.90 Å². The SMILES string of the molecule is CCCN1CCN(c2c(F)cccc2C=O)CC1. The largest absolute Gasteiger partial charge is 0.366 e. The lowest BCUT2D eigenvalue weighted by Crippen LogP contribution is -2.47. The first kappa shape index (κ1) is 13.0. The molecule has 0 aliphatic carbocycles. The van der Waals surface area contributed by atoms with Crippen LogP contribution in [0.1, 0.15) is 23.7 Å². The van der Waals surface area contributed by atoms with Gasteiger partial charge in [-0.1, -0.05) is 13.0 Å². The van der Waals surface area contributed by atoms with Crippen LogP contribution in [0.3, 0.4) is 0 Å². The average Bonchev–Trinajstić information content (AvgIpc) is 2.40. The van der Waals surface area contributed by atoms with E-state index in [4.69, 9.17) is 0 Å². The number of rotatable bonds is 4. The zero-order valence-corrected chi connectivity index (χ0v) is 10.7. The van der Waals surface area contributed by atoms with Gasteiger partial charge in [-0.2, -0.15) is 0 Å². The van der Waals surface area contributed by atoms with Crippen molar-refractivity contribution in [3.05, 3.63) is 29.6 Å². The minimum atomic E-state index is -0.302. The van der Waals surface area contributed by atoms with E-state index in [9.17, 15) is 9.18 Å². The minimum absolute atomic E-state index is 0.302. The lowest BCUT2D eigenvalue weighted by Gasteiger charge is -2.36. The molecule has 0 atom stereocenters. The molecule has 2 rings (SSSR count). The summed E-state index contributed by atoms with van der Waals surface area (Å²) in [6, 6.07) is 4.67. The summed E-state index contributed by atoms with van der Waals surface area (Å²) in [4.78, 5) is 15.3. The first-order valence-corrected chi connectivity index (χ1v) is 6.47. The molecule has 0 amide bonds. The van der Waals surface area contributed by atoms with Crippen LogP contribution in [-0.4, -0.2) is 43.9 Å². The summed E-state index contributed by atoms with van der Waals surface area (Å²) in [5.41, 5.74) is 0.905. The van der Waals surface area contributed by atoms with Crippen LogP contribution in [0.25, 0.3) is 0 Å². The molecule has 1 saturated heterocycles. The lowest BCUT2D eigenvalue weighted by atomic mass is 10.1. The van der Waals surface area contributed by atoms with Crippen molar-refractivity contribution in [2.75, 3.05) is 37.6 Å². The van der Waals surface area contributed by atoms with Gasteiger partial charge >= 0.3 is 0 Å². The molecule has 4 heteroatoms. The smallest absolute Gasteiger partial charge is 0.152 e. The van der Waals surface area contributed by atoms with Crippen LogP contribution in [0.2, 0.25) is 0 Å². The predicted molar refractivity (Wildman–Crippen MR) is 70.7 cm³/mol. The predicted octanol–water partition coefficient (Wildman–Crippen LogP) is 2.17. The quantitative estimate of drug-likeness (QED) is 0.765. The topological polar surface area (TPSA) is 23.6 Å². The molecule has 1 fully saturated rings. The third kappa shape index (κ3) is 2.70. The Morgan fingerprint density at radius 2 is 2.00 bits per heavy atom. The van der Waals surface area contributed by atoms with Crippen LogP contribution >= 0.6 is 0 Å². The second kappa shape index (κ2) is 5.96. The summed E-state index contributed by atoms with van der Waals surface area (Å²) in [5.74, 6) is -0.302. The fourth-order valence-electron chi connectivity index (χ4n) is 2.47. The maximum atomic E-state index is 13.9. The Kier molecular flexibility index (Phi) is 4.31. The van der Waals surface area contributed by atoms with E-state index in [0.29, 0.717) is 11.3 Å². The molecule has 0 N–H and O–H groups in total. The summed E-state index contributed by atoms with van der Waals surface area (Å²) < 4.78 is 13.9. The fourth-order valence-corrected chi connectivity index (χ4v) is 2.47. The molecular formula is C14H19FN2O. The first-order valence-electron chi connectivity index (χ1n) is 6.47. The Labute approximate surface area is 107 Å². The van der Waals surface area contributed by atoms with Gasteiger partial charge in [-0.15, -0.1) is 0 Å². The molecular weight excluding hydrogens is 231 g/mol. The van der Waals surface area contributed by atoms with Crippen molar-refractivity contribution < 1.29 is 9.18 Å². The molecule has 1 aliphatic rings. The number of halogens is 1. The van der Waals surface area contributed by atoms with Crippen LogP contribution in [0, 0.1) is 5.82 Å². The molecule has 0 aromatic heterocycles. The summed E-state index contributed by atoms with van der Waals surface area (Å²) in [5, 5.41) is 0. The number of benzene rings is 1. The van der Waals surface area contributed by atoms with Gasteiger partial charge in [0.1, 0.15) is 5.82 Å². The molecule has 1 heterocycles. The number of piperazine rings is 1. The number of para-hydroxylation sites is 1. The molecule has 18 heavy (non-hydrogen) atoms. The van der Waals surface area contributed by atoms with Gasteiger partial charge in [-0.25, -0.2) is 4.39 Å². The van der Waals surface area contributed by atoms with E-state index in [1.54, 1.807) is 12.1 Å². The van der Waals surface area contributed by atoms with Crippen LogP contribution in [0.5, 0.6) is 0 Å². The summed E-state index contributed by atoms with van der Waals surface area (Å²) in [7, 11) is 0. The number of aldehydes is 1. The number of hydrogen-bond donors (Lipinski definition) is 0. The third-order valence-corrected chi connectivity index (χ3v) is 3.37. The fraction of sp³-hybridized carbons (Fsp3) is 0.500. The van der Waals surface area contributed by atoms with Gasteiger partial charge in [0.05, 0.1) is 5.69 Å². The average molecular weight is 250 g/mol. The van der Waals surface area contributed by atoms with E-state index in [0.717, 1.165) is 45.4 Å². The lowest BCUT2D eigenvalue weighted by molar-refractivity contribution is 0.112. The zero-order chi connectivity index (χ0) is 13.0. The Morgan fingerprint density at radius 1 is 1.28 bits per heavy atom. The second-order valence-electron chi connectivity index (χ2n) is 4.62. The van der Waals surface area contributed by atoms with Gasteiger partial charge in [-0.3, -0.25) is 9.69 Å². The summed E-state index contributed by atoms with van der Waals surface area (Å²) in [6.45, 7) is 6.67. The molecule has 0 spiro atoms. The monoisotopic (exact) mass is 250 g/mol. The number of nitrogens with zero attached hydrogens (tertiary/aromatic N) is 2. The van der Waals surface area contributed by atoms with Gasteiger partial charge in [0, 0.05) is 31.7 Å². The number of carbonyl (C=O) groups excluding carboxylic acids is 1. The van der Waals surface area contributed by atoms with Crippen molar-refractivity contribution in [3.63, 3.8) is 0 Å².